The Morgan fingerprint density at radius 1 is 1.08 bits per heavy atom. The lowest BCUT2D eigenvalue weighted by Crippen LogP contribution is -2.15. The number of benzene rings is 1. The number of nitrogens with one attached hydrogen (secondary N) is 1. The molecule has 6 nitrogen and oxygen atoms in total. The van der Waals surface area contributed by atoms with E-state index in [0.29, 0.717) is 38.0 Å². The maximum atomic E-state index is 6.05. The van der Waals surface area contributed by atoms with Crippen molar-refractivity contribution >= 4 is 28.9 Å². The van der Waals surface area contributed by atoms with Crippen LogP contribution in [0.4, 0.5) is 5.95 Å². The van der Waals surface area contributed by atoms with Gasteiger partial charge in [-0.1, -0.05) is 12.1 Å². The van der Waals surface area contributed by atoms with Crippen molar-refractivity contribution in [1.82, 2.24) is 15.0 Å². The zero-order chi connectivity index (χ0) is 17.1. The fraction of sp³-hybridized carbons (Fsp3) is 0.235. The Balaban J connectivity index is 1.50. The van der Waals surface area contributed by atoms with Gasteiger partial charge in [0, 0.05) is 11.3 Å². The molecule has 0 atom stereocenters. The molecule has 4 rings (SSSR count). The van der Waals surface area contributed by atoms with Crippen molar-refractivity contribution in [2.24, 2.45) is 0 Å². The minimum Gasteiger partial charge on any atom is -0.486 e. The summed E-state index contributed by atoms with van der Waals surface area (Å²) < 4.78 is 11.2. The molecule has 0 amide bonds. The zero-order valence-corrected chi connectivity index (χ0v) is 14.8. The van der Waals surface area contributed by atoms with Gasteiger partial charge >= 0.3 is 0 Å². The largest absolute Gasteiger partial charge is 0.486 e. The summed E-state index contributed by atoms with van der Waals surface area (Å²) in [6, 6.07) is 9.89. The van der Waals surface area contributed by atoms with E-state index in [0.717, 1.165) is 17.1 Å². The van der Waals surface area contributed by atoms with Gasteiger partial charge in [-0.25, -0.2) is 4.98 Å². The highest BCUT2D eigenvalue weighted by Crippen LogP contribution is 2.31. The summed E-state index contributed by atoms with van der Waals surface area (Å²) in [7, 11) is 0. The molecule has 0 fully saturated rings. The molecule has 128 valence electrons. The second-order valence-electron chi connectivity index (χ2n) is 5.43. The summed E-state index contributed by atoms with van der Waals surface area (Å²) in [4.78, 5) is 14.0. The van der Waals surface area contributed by atoms with Gasteiger partial charge in [0.1, 0.15) is 19.0 Å². The summed E-state index contributed by atoms with van der Waals surface area (Å²) in [6.45, 7) is 1.79. The molecule has 1 N–H and O–H groups in total. The van der Waals surface area contributed by atoms with E-state index in [9.17, 15) is 0 Å². The van der Waals surface area contributed by atoms with Crippen LogP contribution in [0.15, 0.2) is 35.7 Å². The van der Waals surface area contributed by atoms with Gasteiger partial charge < -0.3 is 14.8 Å². The van der Waals surface area contributed by atoms with E-state index in [1.165, 1.54) is 4.88 Å². The van der Waals surface area contributed by atoms with E-state index in [1.807, 2.05) is 29.6 Å². The molecule has 0 radical (unpaired) electrons. The Bertz CT molecular complexity index is 873. The third-order valence-electron chi connectivity index (χ3n) is 3.62. The number of hydrogen-bond acceptors (Lipinski definition) is 7. The molecular weight excluding hydrogens is 360 g/mol. The van der Waals surface area contributed by atoms with Crippen LogP contribution in [0.2, 0.25) is 5.28 Å². The van der Waals surface area contributed by atoms with Crippen molar-refractivity contribution in [1.29, 1.82) is 0 Å². The van der Waals surface area contributed by atoms with Gasteiger partial charge in [-0.3, -0.25) is 0 Å². The van der Waals surface area contributed by atoms with Crippen LogP contribution in [0.5, 0.6) is 11.5 Å². The van der Waals surface area contributed by atoms with Crippen LogP contribution in [0.25, 0.3) is 0 Å². The van der Waals surface area contributed by atoms with Gasteiger partial charge in [-0.15, -0.1) is 11.3 Å². The van der Waals surface area contributed by atoms with Crippen LogP contribution in [-0.2, 0) is 13.0 Å². The first-order valence-corrected chi connectivity index (χ1v) is 9.07. The molecule has 0 spiro atoms. The van der Waals surface area contributed by atoms with E-state index in [1.54, 1.807) is 11.3 Å². The first-order valence-electron chi connectivity index (χ1n) is 7.81. The summed E-state index contributed by atoms with van der Waals surface area (Å²) in [6.07, 6.45) is 0.534. The number of hydrogen-bond donors (Lipinski definition) is 1. The Morgan fingerprint density at radius 2 is 1.96 bits per heavy atom. The summed E-state index contributed by atoms with van der Waals surface area (Å²) in [5.74, 6) is 2.59. The molecule has 0 aliphatic carbocycles. The van der Waals surface area contributed by atoms with Crippen molar-refractivity contribution in [2.75, 3.05) is 18.5 Å². The van der Waals surface area contributed by atoms with Crippen LogP contribution in [0, 0.1) is 0 Å². The number of aromatic nitrogens is 3. The van der Waals surface area contributed by atoms with Gasteiger partial charge in [-0.2, -0.15) is 9.97 Å². The van der Waals surface area contributed by atoms with E-state index in [4.69, 9.17) is 21.1 Å². The van der Waals surface area contributed by atoms with Crippen molar-refractivity contribution < 1.29 is 9.47 Å². The SMILES string of the molecule is Clc1nc(Cc2ccc3c(c2)OCCO3)nc(NCc2cccs2)n1. The Kier molecular flexibility index (Phi) is 4.67. The number of thiophene rings is 1. The fourth-order valence-corrected chi connectivity index (χ4v) is 3.33. The third-order valence-corrected chi connectivity index (χ3v) is 4.67. The highest BCUT2D eigenvalue weighted by molar-refractivity contribution is 7.09. The minimum absolute atomic E-state index is 0.177. The molecule has 0 bridgehead atoms. The monoisotopic (exact) mass is 374 g/mol. The van der Waals surface area contributed by atoms with E-state index >= 15 is 0 Å². The third kappa shape index (κ3) is 4.00. The fourth-order valence-electron chi connectivity index (χ4n) is 2.51. The molecule has 1 aliphatic heterocycles. The number of rotatable bonds is 5. The predicted molar refractivity (Wildman–Crippen MR) is 96.7 cm³/mol. The average molecular weight is 375 g/mol. The molecule has 0 saturated heterocycles. The molecule has 3 aromatic rings. The van der Waals surface area contributed by atoms with Crippen LogP contribution in [-0.4, -0.2) is 28.2 Å². The molecule has 0 saturated carbocycles. The van der Waals surface area contributed by atoms with Crippen LogP contribution >= 0.6 is 22.9 Å². The number of ether oxygens (including phenoxy) is 2. The lowest BCUT2D eigenvalue weighted by Gasteiger charge is -2.18. The first kappa shape index (κ1) is 16.1. The molecule has 8 heteroatoms. The number of nitrogens with zero attached hydrogens (tertiary/aromatic N) is 3. The van der Waals surface area contributed by atoms with Crippen molar-refractivity contribution in [3.63, 3.8) is 0 Å². The van der Waals surface area contributed by atoms with Gasteiger partial charge in [0.05, 0.1) is 6.54 Å². The normalized spacial score (nSPS) is 12.8. The molecule has 1 aromatic carbocycles. The highest BCUT2D eigenvalue weighted by Gasteiger charge is 2.13. The smallest absolute Gasteiger partial charge is 0.227 e. The zero-order valence-electron chi connectivity index (χ0n) is 13.2. The van der Waals surface area contributed by atoms with Crippen LogP contribution < -0.4 is 14.8 Å². The molecule has 2 aromatic heterocycles. The van der Waals surface area contributed by atoms with E-state index < -0.39 is 0 Å². The minimum atomic E-state index is 0.177. The Labute approximate surface area is 153 Å². The average Bonchev–Trinajstić information content (AvgIpc) is 3.13. The van der Waals surface area contributed by atoms with Crippen molar-refractivity contribution in [3.8, 4) is 11.5 Å². The predicted octanol–water partition coefficient (Wildman–Crippen LogP) is 3.56. The maximum Gasteiger partial charge on any atom is 0.227 e. The van der Waals surface area contributed by atoms with E-state index in [2.05, 4.69) is 26.3 Å². The van der Waals surface area contributed by atoms with Gasteiger partial charge in [-0.05, 0) is 40.7 Å². The quantitative estimate of drug-likeness (QED) is 0.736. The molecular formula is C17H15ClN4O2S. The lowest BCUT2D eigenvalue weighted by atomic mass is 10.1. The summed E-state index contributed by atoms with van der Waals surface area (Å²) in [5.41, 5.74) is 1.02. The number of anilines is 1. The second-order valence-corrected chi connectivity index (χ2v) is 6.80. The molecule has 25 heavy (non-hydrogen) atoms. The molecule has 3 heterocycles. The van der Waals surface area contributed by atoms with Crippen molar-refractivity contribution in [3.05, 3.63) is 57.3 Å². The summed E-state index contributed by atoms with van der Waals surface area (Å²) >= 11 is 7.72. The Hall–Kier alpha value is -2.38. The number of halogens is 1. The number of fused-ring (bicyclic) bond motifs is 1. The maximum absolute atomic E-state index is 6.05. The Morgan fingerprint density at radius 3 is 2.80 bits per heavy atom. The van der Waals surface area contributed by atoms with E-state index in [-0.39, 0.29) is 5.28 Å². The standard InChI is InChI=1S/C17H15ClN4O2S/c18-16-20-15(21-17(22-16)19-10-12-2-1-7-25-12)9-11-3-4-13-14(8-11)24-6-5-23-13/h1-4,7-8H,5-6,9-10H2,(H,19,20,21,22). The van der Waals surface area contributed by atoms with Gasteiger partial charge in [0.25, 0.3) is 0 Å². The van der Waals surface area contributed by atoms with Gasteiger partial charge in [0.2, 0.25) is 11.2 Å². The highest BCUT2D eigenvalue weighted by atomic mass is 35.5. The second kappa shape index (κ2) is 7.25. The van der Waals surface area contributed by atoms with Crippen LogP contribution in [0.3, 0.4) is 0 Å². The lowest BCUT2D eigenvalue weighted by molar-refractivity contribution is 0.171. The van der Waals surface area contributed by atoms with Crippen LogP contribution in [0.1, 0.15) is 16.3 Å². The summed E-state index contributed by atoms with van der Waals surface area (Å²) in [5, 5.41) is 5.39. The molecule has 0 unspecified atom stereocenters. The van der Waals surface area contributed by atoms with Crippen molar-refractivity contribution in [2.45, 2.75) is 13.0 Å². The van der Waals surface area contributed by atoms with Gasteiger partial charge in [0.15, 0.2) is 11.5 Å². The first-order chi connectivity index (χ1) is 12.3. The molecule has 1 aliphatic rings. The topological polar surface area (TPSA) is 69.2 Å².